The van der Waals surface area contributed by atoms with Crippen LogP contribution in [0.15, 0.2) is 53.7 Å². The van der Waals surface area contributed by atoms with Gasteiger partial charge in [-0.1, -0.05) is 16.8 Å². The second-order valence-electron chi connectivity index (χ2n) is 5.80. The number of piperidine rings is 1. The predicted molar refractivity (Wildman–Crippen MR) is 98.8 cm³/mol. The van der Waals surface area contributed by atoms with Crippen LogP contribution >= 0.6 is 11.6 Å². The maximum Gasteiger partial charge on any atom is 0.365 e. The van der Waals surface area contributed by atoms with Crippen LogP contribution in [0.2, 0.25) is 5.02 Å². The first-order valence-corrected chi connectivity index (χ1v) is 8.43. The monoisotopic (exact) mass is 373 g/mol. The normalized spacial score (nSPS) is 14.0. The Morgan fingerprint density at radius 2 is 1.69 bits per heavy atom. The number of hydrogen-bond donors (Lipinski definition) is 0. The molecule has 2 aromatic rings. The molecule has 7 nitrogen and oxygen atoms in total. The Balaban J connectivity index is 1.54. The molecular weight excluding hydrogens is 358 g/mol. The summed E-state index contributed by atoms with van der Waals surface area (Å²) in [7, 11) is 0. The number of nitro benzene ring substituents is 1. The maximum absolute atomic E-state index is 11.9. The second-order valence-corrected chi connectivity index (χ2v) is 6.24. The molecule has 1 fully saturated rings. The SMILES string of the molecule is O=C(ON=C1CCN(c2ccc([N+](=O)[O-])cc2)CC1)c1ccc(Cl)cc1. The first-order chi connectivity index (χ1) is 12.5. The number of nitro groups is 1. The van der Waals surface area contributed by atoms with Gasteiger partial charge in [0, 0.05) is 48.8 Å². The van der Waals surface area contributed by atoms with Crippen LogP contribution in [-0.4, -0.2) is 29.7 Å². The quantitative estimate of drug-likeness (QED) is 0.458. The molecule has 8 heteroatoms. The largest absolute Gasteiger partial charge is 0.371 e. The van der Waals surface area contributed by atoms with Crippen molar-refractivity contribution in [2.24, 2.45) is 5.16 Å². The summed E-state index contributed by atoms with van der Waals surface area (Å²) in [6.07, 6.45) is 1.32. The van der Waals surface area contributed by atoms with Crippen LogP contribution in [0.5, 0.6) is 0 Å². The number of hydrogen-bond acceptors (Lipinski definition) is 6. The number of anilines is 1. The molecule has 0 bridgehead atoms. The van der Waals surface area contributed by atoms with E-state index in [1.54, 1.807) is 36.4 Å². The van der Waals surface area contributed by atoms with Crippen LogP contribution in [0.4, 0.5) is 11.4 Å². The Morgan fingerprint density at radius 1 is 1.08 bits per heavy atom. The molecule has 0 amide bonds. The molecule has 0 unspecified atom stereocenters. The van der Waals surface area contributed by atoms with E-state index < -0.39 is 10.9 Å². The second kappa shape index (κ2) is 7.97. The van der Waals surface area contributed by atoms with Gasteiger partial charge in [-0.15, -0.1) is 0 Å². The van der Waals surface area contributed by atoms with E-state index in [2.05, 4.69) is 10.1 Å². The van der Waals surface area contributed by atoms with Gasteiger partial charge in [-0.25, -0.2) is 4.79 Å². The van der Waals surface area contributed by atoms with E-state index in [9.17, 15) is 14.9 Å². The van der Waals surface area contributed by atoms with Crippen LogP contribution in [-0.2, 0) is 4.84 Å². The fourth-order valence-corrected chi connectivity index (χ4v) is 2.77. The summed E-state index contributed by atoms with van der Waals surface area (Å²) >= 11 is 5.79. The molecule has 1 aliphatic rings. The Morgan fingerprint density at radius 3 is 2.27 bits per heavy atom. The van der Waals surface area contributed by atoms with Gasteiger partial charge in [-0.2, -0.15) is 0 Å². The highest BCUT2D eigenvalue weighted by Gasteiger charge is 2.17. The molecule has 0 saturated carbocycles. The number of carbonyl (C=O) groups excluding carboxylic acids is 1. The van der Waals surface area contributed by atoms with Gasteiger partial charge in [0.25, 0.3) is 5.69 Å². The maximum atomic E-state index is 11.9. The van der Waals surface area contributed by atoms with Crippen LogP contribution in [0.25, 0.3) is 0 Å². The van der Waals surface area contributed by atoms with E-state index in [1.165, 1.54) is 12.1 Å². The number of oxime groups is 1. The first-order valence-electron chi connectivity index (χ1n) is 8.05. The van der Waals surface area contributed by atoms with Crippen molar-refractivity contribution in [2.75, 3.05) is 18.0 Å². The third-order valence-corrected chi connectivity index (χ3v) is 4.36. The molecule has 2 aromatic carbocycles. The lowest BCUT2D eigenvalue weighted by molar-refractivity contribution is -0.384. The number of halogens is 1. The molecule has 0 atom stereocenters. The van der Waals surface area contributed by atoms with E-state index in [0.717, 1.165) is 11.4 Å². The Kier molecular flexibility index (Phi) is 5.48. The summed E-state index contributed by atoms with van der Waals surface area (Å²) in [6, 6.07) is 12.9. The number of benzene rings is 2. The molecule has 26 heavy (non-hydrogen) atoms. The van der Waals surface area contributed by atoms with E-state index in [1.807, 2.05) is 0 Å². The summed E-state index contributed by atoms with van der Waals surface area (Å²) in [5.74, 6) is -0.521. The smallest absolute Gasteiger partial charge is 0.365 e. The highest BCUT2D eigenvalue weighted by atomic mass is 35.5. The molecule has 134 valence electrons. The third-order valence-electron chi connectivity index (χ3n) is 4.10. The van der Waals surface area contributed by atoms with Gasteiger partial charge < -0.3 is 9.74 Å². The highest BCUT2D eigenvalue weighted by molar-refractivity contribution is 6.30. The Labute approximate surface area is 155 Å². The molecule has 0 aromatic heterocycles. The number of rotatable bonds is 4. The summed E-state index contributed by atoms with van der Waals surface area (Å²) in [5, 5.41) is 15.2. The molecule has 1 saturated heterocycles. The zero-order valence-electron chi connectivity index (χ0n) is 13.8. The zero-order valence-corrected chi connectivity index (χ0v) is 14.6. The van der Waals surface area contributed by atoms with Crippen LogP contribution < -0.4 is 4.90 Å². The fraction of sp³-hybridized carbons (Fsp3) is 0.222. The lowest BCUT2D eigenvalue weighted by Gasteiger charge is -2.29. The van der Waals surface area contributed by atoms with Crippen LogP contribution in [0.3, 0.4) is 0 Å². The van der Waals surface area contributed by atoms with Crippen LogP contribution in [0.1, 0.15) is 23.2 Å². The van der Waals surface area contributed by atoms with Crippen molar-refractivity contribution in [3.8, 4) is 0 Å². The molecule has 0 spiro atoms. The van der Waals surface area contributed by atoms with Gasteiger partial charge in [0.1, 0.15) is 0 Å². The molecule has 0 aliphatic carbocycles. The predicted octanol–water partition coefficient (Wildman–Crippen LogP) is 4.06. The lowest BCUT2D eigenvalue weighted by atomic mass is 10.1. The molecule has 0 radical (unpaired) electrons. The molecular formula is C18H16ClN3O4. The van der Waals surface area contributed by atoms with Gasteiger partial charge in [0.05, 0.1) is 16.2 Å². The standard InChI is InChI=1S/C18H16ClN3O4/c19-14-3-1-13(2-4-14)18(23)26-20-15-9-11-21(12-10-15)16-5-7-17(8-6-16)22(24)25/h1-8H,9-12H2. The zero-order chi connectivity index (χ0) is 18.5. The molecule has 1 heterocycles. The van der Waals surface area contributed by atoms with Gasteiger partial charge in [0.15, 0.2) is 0 Å². The summed E-state index contributed by atoms with van der Waals surface area (Å²) in [6.45, 7) is 1.41. The van der Waals surface area contributed by atoms with E-state index in [4.69, 9.17) is 16.4 Å². The average molecular weight is 374 g/mol. The van der Waals surface area contributed by atoms with Crippen molar-refractivity contribution < 1.29 is 14.6 Å². The number of carbonyl (C=O) groups is 1. The van der Waals surface area contributed by atoms with Gasteiger partial charge in [0.2, 0.25) is 0 Å². The van der Waals surface area contributed by atoms with Gasteiger partial charge in [-0.3, -0.25) is 10.1 Å². The van der Waals surface area contributed by atoms with Gasteiger partial charge in [-0.05, 0) is 36.4 Å². The van der Waals surface area contributed by atoms with Crippen molar-refractivity contribution in [1.29, 1.82) is 0 Å². The molecule has 3 rings (SSSR count). The minimum Gasteiger partial charge on any atom is -0.371 e. The minimum atomic E-state index is -0.521. The highest BCUT2D eigenvalue weighted by Crippen LogP contribution is 2.22. The average Bonchev–Trinajstić information content (AvgIpc) is 2.67. The van der Waals surface area contributed by atoms with Crippen molar-refractivity contribution in [2.45, 2.75) is 12.8 Å². The van der Waals surface area contributed by atoms with Gasteiger partial charge >= 0.3 is 5.97 Å². The number of non-ortho nitro benzene ring substituents is 1. The summed E-state index contributed by atoms with van der Waals surface area (Å²) in [5.41, 5.74) is 2.20. The Hall–Kier alpha value is -2.93. The van der Waals surface area contributed by atoms with E-state index in [-0.39, 0.29) is 5.69 Å². The van der Waals surface area contributed by atoms with Crippen molar-refractivity contribution in [1.82, 2.24) is 0 Å². The van der Waals surface area contributed by atoms with E-state index >= 15 is 0 Å². The lowest BCUT2D eigenvalue weighted by Crippen LogP contribution is -2.33. The topological polar surface area (TPSA) is 85.0 Å². The van der Waals surface area contributed by atoms with Crippen molar-refractivity contribution >= 4 is 34.7 Å². The number of nitrogens with zero attached hydrogens (tertiary/aromatic N) is 3. The fourth-order valence-electron chi connectivity index (χ4n) is 2.64. The van der Waals surface area contributed by atoms with Crippen molar-refractivity contribution in [3.05, 3.63) is 69.2 Å². The summed E-state index contributed by atoms with van der Waals surface area (Å²) < 4.78 is 0. The van der Waals surface area contributed by atoms with Crippen molar-refractivity contribution in [3.63, 3.8) is 0 Å². The third kappa shape index (κ3) is 4.37. The van der Waals surface area contributed by atoms with Crippen LogP contribution in [0, 0.1) is 10.1 Å². The summed E-state index contributed by atoms with van der Waals surface area (Å²) in [4.78, 5) is 29.3. The first kappa shape index (κ1) is 17.9. The minimum absolute atomic E-state index is 0.0714. The molecule has 0 N–H and O–H groups in total. The van der Waals surface area contributed by atoms with E-state index in [0.29, 0.717) is 36.5 Å². The Bertz CT molecular complexity index is 825. The molecule has 1 aliphatic heterocycles.